The highest BCUT2D eigenvalue weighted by Gasteiger charge is 2.25. The lowest BCUT2D eigenvalue weighted by atomic mass is 10.2. The minimum absolute atomic E-state index is 0.0550. The molecule has 1 N–H and O–H groups in total. The molecule has 1 aliphatic carbocycles. The molecule has 0 bridgehead atoms. The molecule has 1 aliphatic rings. The molecule has 0 amide bonds. The van der Waals surface area contributed by atoms with E-state index in [-0.39, 0.29) is 5.69 Å². The molecule has 1 aromatic rings. The summed E-state index contributed by atoms with van der Waals surface area (Å²) in [5.74, 6) is -3.12. The summed E-state index contributed by atoms with van der Waals surface area (Å²) in [5.41, 5.74) is -0.343. The summed E-state index contributed by atoms with van der Waals surface area (Å²) >= 11 is 0. The maximum Gasteiger partial charge on any atom is 0.340 e. The molecule has 0 saturated heterocycles. The molecule has 0 unspecified atom stereocenters. The molecule has 4 nitrogen and oxygen atoms in total. The van der Waals surface area contributed by atoms with Crippen LogP contribution in [0.5, 0.6) is 0 Å². The molecule has 20 heavy (non-hydrogen) atoms. The zero-order chi connectivity index (χ0) is 14.7. The maximum atomic E-state index is 13.8. The normalized spacial score (nSPS) is 14.4. The van der Waals surface area contributed by atoms with Crippen molar-refractivity contribution < 1.29 is 18.3 Å². The minimum Gasteiger partial charge on any atom is -0.465 e. The summed E-state index contributed by atoms with van der Waals surface area (Å²) in [6.07, 6.45) is 2.40. The largest absolute Gasteiger partial charge is 0.465 e. The van der Waals surface area contributed by atoms with Gasteiger partial charge in [0, 0.05) is 19.1 Å². The molecule has 0 heterocycles. The Morgan fingerprint density at radius 3 is 2.70 bits per heavy atom. The van der Waals surface area contributed by atoms with Gasteiger partial charge in [0.15, 0.2) is 11.6 Å². The Balaban J connectivity index is 1.97. The van der Waals surface area contributed by atoms with Crippen LogP contribution in [0.25, 0.3) is 0 Å². The van der Waals surface area contributed by atoms with Crippen LogP contribution in [0.2, 0.25) is 0 Å². The second-order valence-electron chi connectivity index (χ2n) is 4.92. The minimum atomic E-state index is -1.18. The molecule has 0 aromatic heterocycles. The lowest BCUT2D eigenvalue weighted by Gasteiger charge is -2.16. The Hall–Kier alpha value is -1.69. The number of ether oxygens (including phenoxy) is 1. The molecular weight excluding hydrogens is 266 g/mol. The molecule has 110 valence electrons. The van der Waals surface area contributed by atoms with Crippen molar-refractivity contribution in [3.63, 3.8) is 0 Å². The van der Waals surface area contributed by atoms with E-state index in [4.69, 9.17) is 0 Å². The predicted molar refractivity (Wildman–Crippen MR) is 71.8 cm³/mol. The van der Waals surface area contributed by atoms with E-state index in [0.29, 0.717) is 12.6 Å². The predicted octanol–water partition coefficient (Wildman–Crippen LogP) is 2.26. The molecule has 0 radical (unpaired) electrons. The van der Waals surface area contributed by atoms with Crippen LogP contribution in [-0.2, 0) is 4.74 Å². The van der Waals surface area contributed by atoms with Gasteiger partial charge >= 0.3 is 5.97 Å². The summed E-state index contributed by atoms with van der Waals surface area (Å²) in [7, 11) is 3.14. The Morgan fingerprint density at radius 2 is 2.10 bits per heavy atom. The van der Waals surface area contributed by atoms with Gasteiger partial charge in [0.05, 0.1) is 18.4 Å². The van der Waals surface area contributed by atoms with Crippen LogP contribution in [0.4, 0.5) is 14.5 Å². The van der Waals surface area contributed by atoms with Gasteiger partial charge in [-0.1, -0.05) is 0 Å². The van der Waals surface area contributed by atoms with E-state index in [1.54, 1.807) is 0 Å². The lowest BCUT2D eigenvalue weighted by molar-refractivity contribution is 0.0594. The summed E-state index contributed by atoms with van der Waals surface area (Å²) < 4.78 is 31.9. The number of nitrogens with one attached hydrogen (secondary N) is 1. The van der Waals surface area contributed by atoms with Crippen molar-refractivity contribution in [2.24, 2.45) is 0 Å². The van der Waals surface area contributed by atoms with Crippen molar-refractivity contribution in [2.75, 3.05) is 32.6 Å². The lowest BCUT2D eigenvalue weighted by Crippen LogP contribution is -2.27. The average molecular weight is 284 g/mol. The molecular formula is C14H18F2N2O2. The molecule has 2 rings (SSSR count). The fourth-order valence-corrected chi connectivity index (χ4v) is 2.02. The van der Waals surface area contributed by atoms with Crippen LogP contribution < -0.4 is 5.32 Å². The van der Waals surface area contributed by atoms with E-state index in [1.165, 1.54) is 25.0 Å². The van der Waals surface area contributed by atoms with Gasteiger partial charge in [-0.25, -0.2) is 13.6 Å². The third-order valence-corrected chi connectivity index (χ3v) is 3.44. The second-order valence-corrected chi connectivity index (χ2v) is 4.92. The number of carbonyl (C=O) groups is 1. The van der Waals surface area contributed by atoms with Gasteiger partial charge in [0.1, 0.15) is 0 Å². The second kappa shape index (κ2) is 6.17. The molecule has 0 atom stereocenters. The zero-order valence-electron chi connectivity index (χ0n) is 11.6. The Bertz CT molecular complexity index is 504. The van der Waals surface area contributed by atoms with E-state index in [1.807, 2.05) is 7.05 Å². The molecule has 0 aliphatic heterocycles. The quantitative estimate of drug-likeness (QED) is 0.814. The van der Waals surface area contributed by atoms with Crippen molar-refractivity contribution >= 4 is 11.7 Å². The zero-order valence-corrected chi connectivity index (χ0v) is 11.6. The number of hydrogen-bond donors (Lipinski definition) is 1. The number of carbonyl (C=O) groups excluding carboxylic acids is 1. The monoisotopic (exact) mass is 284 g/mol. The van der Waals surface area contributed by atoms with E-state index < -0.39 is 23.2 Å². The Kier molecular flexibility index (Phi) is 4.54. The van der Waals surface area contributed by atoms with Crippen molar-refractivity contribution in [2.45, 2.75) is 18.9 Å². The molecule has 0 spiro atoms. The SMILES string of the molecule is COC(=O)c1ccc(NCCN(C)C2CC2)c(F)c1F. The fraction of sp³-hybridized carbons (Fsp3) is 0.500. The fourth-order valence-electron chi connectivity index (χ4n) is 2.02. The first-order chi connectivity index (χ1) is 9.54. The van der Waals surface area contributed by atoms with Gasteiger partial charge in [0.2, 0.25) is 0 Å². The van der Waals surface area contributed by atoms with Gasteiger partial charge in [0.25, 0.3) is 0 Å². The van der Waals surface area contributed by atoms with E-state index in [0.717, 1.165) is 13.7 Å². The number of likely N-dealkylation sites (N-methyl/N-ethyl adjacent to an activating group) is 1. The van der Waals surface area contributed by atoms with Crippen LogP contribution >= 0.6 is 0 Å². The third-order valence-electron chi connectivity index (χ3n) is 3.44. The summed E-state index contributed by atoms with van der Waals surface area (Å²) in [6, 6.07) is 3.19. The Labute approximate surface area is 116 Å². The first-order valence-electron chi connectivity index (χ1n) is 6.55. The number of anilines is 1. The van der Waals surface area contributed by atoms with Crippen LogP contribution in [0, 0.1) is 11.6 Å². The van der Waals surface area contributed by atoms with Crippen LogP contribution in [0.3, 0.4) is 0 Å². The van der Waals surface area contributed by atoms with Crippen molar-refractivity contribution in [1.29, 1.82) is 0 Å². The van der Waals surface area contributed by atoms with Crippen molar-refractivity contribution in [3.8, 4) is 0 Å². The van der Waals surface area contributed by atoms with Crippen LogP contribution in [0.15, 0.2) is 12.1 Å². The number of hydrogen-bond acceptors (Lipinski definition) is 4. The molecule has 1 saturated carbocycles. The first kappa shape index (κ1) is 14.7. The van der Waals surface area contributed by atoms with E-state index in [9.17, 15) is 13.6 Å². The van der Waals surface area contributed by atoms with Crippen LogP contribution in [-0.4, -0.2) is 44.2 Å². The number of halogens is 2. The van der Waals surface area contributed by atoms with E-state index in [2.05, 4.69) is 15.0 Å². The molecule has 1 fully saturated rings. The number of rotatable bonds is 6. The smallest absolute Gasteiger partial charge is 0.340 e. The molecule has 6 heteroatoms. The highest BCUT2D eigenvalue weighted by Crippen LogP contribution is 2.25. The average Bonchev–Trinajstić information content (AvgIpc) is 3.27. The number of esters is 1. The summed E-state index contributed by atoms with van der Waals surface area (Å²) in [6.45, 7) is 1.27. The Morgan fingerprint density at radius 1 is 1.40 bits per heavy atom. The van der Waals surface area contributed by atoms with E-state index >= 15 is 0 Å². The number of benzene rings is 1. The third kappa shape index (κ3) is 3.25. The van der Waals surface area contributed by atoms with Gasteiger partial charge in [-0.15, -0.1) is 0 Å². The first-order valence-corrected chi connectivity index (χ1v) is 6.55. The van der Waals surface area contributed by atoms with Gasteiger partial charge < -0.3 is 15.0 Å². The summed E-state index contributed by atoms with van der Waals surface area (Å²) in [5, 5.41) is 2.84. The van der Waals surface area contributed by atoms with Crippen molar-refractivity contribution in [3.05, 3.63) is 29.3 Å². The van der Waals surface area contributed by atoms with Gasteiger partial charge in [-0.2, -0.15) is 0 Å². The maximum absolute atomic E-state index is 13.8. The standard InChI is InChI=1S/C14H18F2N2O2/c1-18(9-3-4-9)8-7-17-11-6-5-10(14(19)20-2)12(15)13(11)16/h5-6,9,17H,3-4,7-8H2,1-2H3. The topological polar surface area (TPSA) is 41.6 Å². The van der Waals surface area contributed by atoms with Crippen LogP contribution in [0.1, 0.15) is 23.2 Å². The highest BCUT2D eigenvalue weighted by molar-refractivity contribution is 5.90. The van der Waals surface area contributed by atoms with Gasteiger partial charge in [-0.3, -0.25) is 0 Å². The van der Waals surface area contributed by atoms with Crippen molar-refractivity contribution in [1.82, 2.24) is 4.90 Å². The number of methoxy groups -OCH3 is 1. The van der Waals surface area contributed by atoms with Gasteiger partial charge in [-0.05, 0) is 32.0 Å². The number of nitrogens with zero attached hydrogens (tertiary/aromatic N) is 1. The highest BCUT2D eigenvalue weighted by atomic mass is 19.2. The molecule has 1 aromatic carbocycles. The summed E-state index contributed by atoms with van der Waals surface area (Å²) in [4.78, 5) is 13.4.